The summed E-state index contributed by atoms with van der Waals surface area (Å²) in [5.74, 6) is 0.866. The van der Waals surface area contributed by atoms with Crippen molar-refractivity contribution in [3.05, 3.63) is 29.8 Å². The summed E-state index contributed by atoms with van der Waals surface area (Å²) in [5.41, 5.74) is 7.49. The van der Waals surface area contributed by atoms with Crippen LogP contribution < -0.4 is 10.5 Å². The van der Waals surface area contributed by atoms with Gasteiger partial charge >= 0.3 is 0 Å². The van der Waals surface area contributed by atoms with E-state index in [1.807, 2.05) is 24.3 Å². The number of nitrogens with two attached hydrogens (primary N) is 1. The molecule has 1 heterocycles. The summed E-state index contributed by atoms with van der Waals surface area (Å²) in [6.07, 6.45) is 0. The maximum Gasteiger partial charge on any atom is 0.118 e. The zero-order valence-electron chi connectivity index (χ0n) is 11.1. The van der Waals surface area contributed by atoms with Crippen LogP contribution in [0.3, 0.4) is 0 Å². The minimum atomic E-state index is 0.0222. The van der Waals surface area contributed by atoms with Gasteiger partial charge in [-0.2, -0.15) is 0 Å². The third kappa shape index (κ3) is 3.02. The molecule has 2 rings (SSSR count). The summed E-state index contributed by atoms with van der Waals surface area (Å²) in [6, 6.07) is 8.35. The number of hydrogen-bond acceptors (Lipinski definition) is 4. The average molecular weight is 250 g/mol. The summed E-state index contributed by atoms with van der Waals surface area (Å²) in [6.45, 7) is 5.72. The molecule has 0 spiro atoms. The van der Waals surface area contributed by atoms with E-state index in [1.54, 1.807) is 7.11 Å². The molecule has 18 heavy (non-hydrogen) atoms. The standard InChI is InChI=1S/C14H22N2O2/c1-11(16-7-9-18-10-8-16)14(15)12-3-5-13(17-2)6-4-12/h3-6,11,14H,7-10,15H2,1-2H3. The van der Waals surface area contributed by atoms with Crippen LogP contribution in [0.1, 0.15) is 18.5 Å². The van der Waals surface area contributed by atoms with Crippen LogP contribution in [0.5, 0.6) is 5.75 Å². The van der Waals surface area contributed by atoms with E-state index in [0.717, 1.165) is 37.6 Å². The van der Waals surface area contributed by atoms with Gasteiger partial charge in [-0.15, -0.1) is 0 Å². The van der Waals surface area contributed by atoms with Crippen LogP contribution in [0.25, 0.3) is 0 Å². The molecule has 1 aromatic rings. The fraction of sp³-hybridized carbons (Fsp3) is 0.571. The highest BCUT2D eigenvalue weighted by molar-refractivity contribution is 5.29. The van der Waals surface area contributed by atoms with E-state index in [1.165, 1.54) is 0 Å². The fourth-order valence-electron chi connectivity index (χ4n) is 2.32. The number of benzene rings is 1. The van der Waals surface area contributed by atoms with E-state index < -0.39 is 0 Å². The Morgan fingerprint density at radius 3 is 2.39 bits per heavy atom. The summed E-state index contributed by atoms with van der Waals surface area (Å²) in [7, 11) is 1.67. The van der Waals surface area contributed by atoms with Crippen molar-refractivity contribution in [3.63, 3.8) is 0 Å². The molecule has 1 aliphatic heterocycles. The molecular weight excluding hydrogens is 228 g/mol. The molecule has 0 aliphatic carbocycles. The molecule has 4 nitrogen and oxygen atoms in total. The first-order valence-electron chi connectivity index (χ1n) is 6.43. The zero-order valence-corrected chi connectivity index (χ0v) is 11.1. The van der Waals surface area contributed by atoms with Crippen LogP contribution in [0.4, 0.5) is 0 Å². The monoisotopic (exact) mass is 250 g/mol. The minimum absolute atomic E-state index is 0.0222. The van der Waals surface area contributed by atoms with Crippen molar-refractivity contribution in [1.82, 2.24) is 4.90 Å². The van der Waals surface area contributed by atoms with Gasteiger partial charge in [0.25, 0.3) is 0 Å². The minimum Gasteiger partial charge on any atom is -0.497 e. The van der Waals surface area contributed by atoms with Crippen molar-refractivity contribution in [3.8, 4) is 5.75 Å². The molecular formula is C14H22N2O2. The van der Waals surface area contributed by atoms with Gasteiger partial charge in [0.1, 0.15) is 5.75 Å². The Morgan fingerprint density at radius 1 is 1.22 bits per heavy atom. The molecule has 0 radical (unpaired) electrons. The van der Waals surface area contributed by atoms with E-state index in [0.29, 0.717) is 6.04 Å². The highest BCUT2D eigenvalue weighted by Crippen LogP contribution is 2.21. The molecule has 0 aromatic heterocycles. The maximum absolute atomic E-state index is 6.34. The summed E-state index contributed by atoms with van der Waals surface area (Å²) in [5, 5.41) is 0. The first-order chi connectivity index (χ1) is 8.72. The van der Waals surface area contributed by atoms with Crippen molar-refractivity contribution in [2.75, 3.05) is 33.4 Å². The van der Waals surface area contributed by atoms with Crippen LogP contribution in [0.15, 0.2) is 24.3 Å². The molecule has 0 amide bonds. The van der Waals surface area contributed by atoms with Crippen LogP contribution in [0.2, 0.25) is 0 Å². The van der Waals surface area contributed by atoms with Gasteiger partial charge in [0, 0.05) is 25.2 Å². The second-order valence-corrected chi connectivity index (χ2v) is 4.69. The van der Waals surface area contributed by atoms with Crippen LogP contribution in [-0.2, 0) is 4.74 Å². The van der Waals surface area contributed by atoms with Crippen molar-refractivity contribution >= 4 is 0 Å². The Hall–Kier alpha value is -1.10. The van der Waals surface area contributed by atoms with Crippen molar-refractivity contribution in [2.45, 2.75) is 19.0 Å². The second kappa shape index (κ2) is 6.18. The molecule has 2 unspecified atom stereocenters. The summed E-state index contributed by atoms with van der Waals surface area (Å²) in [4.78, 5) is 2.39. The van der Waals surface area contributed by atoms with Gasteiger partial charge in [-0.1, -0.05) is 12.1 Å². The van der Waals surface area contributed by atoms with E-state index in [-0.39, 0.29) is 6.04 Å². The second-order valence-electron chi connectivity index (χ2n) is 4.69. The molecule has 0 saturated carbocycles. The topological polar surface area (TPSA) is 47.7 Å². The lowest BCUT2D eigenvalue weighted by molar-refractivity contribution is 0.0150. The van der Waals surface area contributed by atoms with Gasteiger partial charge in [-0.05, 0) is 24.6 Å². The van der Waals surface area contributed by atoms with Crippen molar-refractivity contribution < 1.29 is 9.47 Å². The first-order valence-corrected chi connectivity index (χ1v) is 6.43. The molecule has 1 aromatic carbocycles. The molecule has 2 N–H and O–H groups in total. The fourth-order valence-corrected chi connectivity index (χ4v) is 2.32. The average Bonchev–Trinajstić information content (AvgIpc) is 2.47. The lowest BCUT2D eigenvalue weighted by atomic mass is 10.00. The highest BCUT2D eigenvalue weighted by atomic mass is 16.5. The van der Waals surface area contributed by atoms with E-state index in [9.17, 15) is 0 Å². The normalized spacial score (nSPS) is 20.4. The van der Waals surface area contributed by atoms with Gasteiger partial charge in [0.2, 0.25) is 0 Å². The maximum atomic E-state index is 6.34. The van der Waals surface area contributed by atoms with Gasteiger partial charge in [0.15, 0.2) is 0 Å². The number of nitrogens with zero attached hydrogens (tertiary/aromatic N) is 1. The number of hydrogen-bond donors (Lipinski definition) is 1. The zero-order chi connectivity index (χ0) is 13.0. The van der Waals surface area contributed by atoms with Gasteiger partial charge in [0.05, 0.1) is 20.3 Å². The van der Waals surface area contributed by atoms with E-state index in [2.05, 4.69) is 11.8 Å². The molecule has 1 fully saturated rings. The quantitative estimate of drug-likeness (QED) is 0.878. The van der Waals surface area contributed by atoms with Crippen molar-refractivity contribution in [2.24, 2.45) is 5.73 Å². The van der Waals surface area contributed by atoms with Gasteiger partial charge in [-0.3, -0.25) is 4.90 Å². The van der Waals surface area contributed by atoms with Crippen LogP contribution in [-0.4, -0.2) is 44.4 Å². The lowest BCUT2D eigenvalue weighted by Crippen LogP contribution is -2.46. The highest BCUT2D eigenvalue weighted by Gasteiger charge is 2.23. The van der Waals surface area contributed by atoms with Gasteiger partial charge in [-0.25, -0.2) is 0 Å². The molecule has 4 heteroatoms. The molecule has 0 bridgehead atoms. The molecule has 100 valence electrons. The Balaban J connectivity index is 2.01. The predicted octanol–water partition coefficient (Wildman–Crippen LogP) is 1.42. The smallest absolute Gasteiger partial charge is 0.118 e. The Kier molecular flexibility index (Phi) is 4.58. The largest absolute Gasteiger partial charge is 0.497 e. The molecule has 2 atom stereocenters. The summed E-state index contributed by atoms with van der Waals surface area (Å²) >= 11 is 0. The number of morpholine rings is 1. The van der Waals surface area contributed by atoms with E-state index >= 15 is 0 Å². The lowest BCUT2D eigenvalue weighted by Gasteiger charge is -2.35. The van der Waals surface area contributed by atoms with Crippen LogP contribution in [0, 0.1) is 0 Å². The Bertz CT molecular complexity index is 361. The number of methoxy groups -OCH3 is 1. The summed E-state index contributed by atoms with van der Waals surface area (Å²) < 4.78 is 10.5. The SMILES string of the molecule is COc1ccc(C(N)C(C)N2CCOCC2)cc1. The predicted molar refractivity (Wildman–Crippen MR) is 71.8 cm³/mol. The van der Waals surface area contributed by atoms with Gasteiger partial charge < -0.3 is 15.2 Å². The van der Waals surface area contributed by atoms with Crippen molar-refractivity contribution in [1.29, 1.82) is 0 Å². The third-order valence-electron chi connectivity index (χ3n) is 3.64. The van der Waals surface area contributed by atoms with E-state index in [4.69, 9.17) is 15.2 Å². The third-order valence-corrected chi connectivity index (χ3v) is 3.64. The Morgan fingerprint density at radius 2 is 1.83 bits per heavy atom. The Labute approximate surface area is 109 Å². The molecule has 1 saturated heterocycles. The first kappa shape index (κ1) is 13.3. The van der Waals surface area contributed by atoms with Crippen LogP contribution >= 0.6 is 0 Å². The number of rotatable bonds is 4. The number of ether oxygens (including phenoxy) is 2. The molecule has 1 aliphatic rings.